The van der Waals surface area contributed by atoms with Crippen LogP contribution in [0.15, 0.2) is 24.3 Å². The molecule has 0 aromatic heterocycles. The number of benzene rings is 1. The number of hydrogen-bond donors (Lipinski definition) is 0. The standard InChI is InChI=1S/C13H16O2/c1-4-5-6-11-7-8-12(9-10(11)2)13(14)15-3/h5-9H,4H2,1-3H3. The Bertz CT molecular complexity index is 378. The highest BCUT2D eigenvalue weighted by Crippen LogP contribution is 2.13. The molecule has 0 saturated carbocycles. The lowest BCUT2D eigenvalue weighted by molar-refractivity contribution is 0.0600. The van der Waals surface area contributed by atoms with Crippen molar-refractivity contribution < 1.29 is 9.53 Å². The average molecular weight is 204 g/mol. The van der Waals surface area contributed by atoms with Gasteiger partial charge in [0, 0.05) is 0 Å². The van der Waals surface area contributed by atoms with Crippen LogP contribution < -0.4 is 0 Å². The quantitative estimate of drug-likeness (QED) is 0.707. The minimum atomic E-state index is -0.288. The van der Waals surface area contributed by atoms with Gasteiger partial charge < -0.3 is 4.74 Å². The number of rotatable bonds is 3. The molecule has 1 aromatic carbocycles. The Balaban J connectivity index is 2.98. The summed E-state index contributed by atoms with van der Waals surface area (Å²) in [7, 11) is 1.39. The van der Waals surface area contributed by atoms with Gasteiger partial charge in [-0.1, -0.05) is 25.1 Å². The lowest BCUT2D eigenvalue weighted by Crippen LogP contribution is -2.01. The first kappa shape index (κ1) is 11.5. The molecule has 15 heavy (non-hydrogen) atoms. The molecule has 0 heterocycles. The zero-order valence-corrected chi connectivity index (χ0v) is 9.41. The maximum Gasteiger partial charge on any atom is 0.337 e. The summed E-state index contributed by atoms with van der Waals surface area (Å²) in [5.41, 5.74) is 2.83. The van der Waals surface area contributed by atoms with Crippen molar-refractivity contribution in [1.82, 2.24) is 0 Å². The van der Waals surface area contributed by atoms with E-state index in [2.05, 4.69) is 23.8 Å². The van der Waals surface area contributed by atoms with E-state index in [0.29, 0.717) is 5.56 Å². The molecule has 0 N–H and O–H groups in total. The van der Waals surface area contributed by atoms with Crippen LogP contribution in [0.5, 0.6) is 0 Å². The molecular weight excluding hydrogens is 188 g/mol. The van der Waals surface area contributed by atoms with E-state index in [1.54, 1.807) is 6.07 Å². The number of hydrogen-bond acceptors (Lipinski definition) is 2. The Labute approximate surface area is 90.6 Å². The summed E-state index contributed by atoms with van der Waals surface area (Å²) in [6, 6.07) is 5.57. The number of aryl methyl sites for hydroxylation is 1. The number of carbonyl (C=O) groups is 1. The second-order valence-corrected chi connectivity index (χ2v) is 3.37. The monoisotopic (exact) mass is 204 g/mol. The van der Waals surface area contributed by atoms with E-state index in [4.69, 9.17) is 0 Å². The van der Waals surface area contributed by atoms with E-state index >= 15 is 0 Å². The summed E-state index contributed by atoms with van der Waals surface area (Å²) >= 11 is 0. The van der Waals surface area contributed by atoms with Crippen molar-refractivity contribution in [3.8, 4) is 0 Å². The number of methoxy groups -OCH3 is 1. The van der Waals surface area contributed by atoms with E-state index in [9.17, 15) is 4.79 Å². The molecule has 0 spiro atoms. The van der Waals surface area contributed by atoms with Crippen molar-refractivity contribution in [2.45, 2.75) is 20.3 Å². The van der Waals surface area contributed by atoms with Crippen molar-refractivity contribution in [2.24, 2.45) is 0 Å². The third-order valence-electron chi connectivity index (χ3n) is 2.22. The fourth-order valence-corrected chi connectivity index (χ4v) is 1.35. The lowest BCUT2D eigenvalue weighted by Gasteiger charge is -2.03. The van der Waals surface area contributed by atoms with Gasteiger partial charge in [0.25, 0.3) is 0 Å². The number of esters is 1. The highest BCUT2D eigenvalue weighted by molar-refractivity contribution is 5.89. The molecule has 0 fully saturated rings. The van der Waals surface area contributed by atoms with Gasteiger partial charge >= 0.3 is 5.97 Å². The van der Waals surface area contributed by atoms with Crippen LogP contribution in [-0.4, -0.2) is 13.1 Å². The van der Waals surface area contributed by atoms with Gasteiger partial charge in [0.2, 0.25) is 0 Å². The number of allylic oxidation sites excluding steroid dienone is 1. The van der Waals surface area contributed by atoms with Crippen molar-refractivity contribution >= 4 is 12.0 Å². The molecule has 0 aliphatic carbocycles. The second-order valence-electron chi connectivity index (χ2n) is 3.37. The molecule has 0 amide bonds. The van der Waals surface area contributed by atoms with Gasteiger partial charge in [-0.3, -0.25) is 0 Å². The maximum atomic E-state index is 11.3. The van der Waals surface area contributed by atoms with E-state index in [1.165, 1.54) is 7.11 Å². The fraction of sp³-hybridized carbons (Fsp3) is 0.308. The Kier molecular flexibility index (Phi) is 4.10. The van der Waals surface area contributed by atoms with Crippen LogP contribution in [0, 0.1) is 6.92 Å². The summed E-state index contributed by atoms with van der Waals surface area (Å²) in [6.07, 6.45) is 5.18. The predicted octanol–water partition coefficient (Wildman–Crippen LogP) is 3.20. The van der Waals surface area contributed by atoms with E-state index in [0.717, 1.165) is 17.5 Å². The average Bonchev–Trinajstić information content (AvgIpc) is 2.26. The van der Waals surface area contributed by atoms with Gasteiger partial charge in [0.15, 0.2) is 0 Å². The van der Waals surface area contributed by atoms with Gasteiger partial charge in [-0.2, -0.15) is 0 Å². The Morgan fingerprint density at radius 3 is 2.73 bits per heavy atom. The third-order valence-corrected chi connectivity index (χ3v) is 2.22. The molecule has 0 atom stereocenters. The molecule has 0 unspecified atom stereocenters. The number of ether oxygens (including phenoxy) is 1. The number of carbonyl (C=O) groups excluding carboxylic acids is 1. The van der Waals surface area contributed by atoms with Gasteiger partial charge in [0.05, 0.1) is 12.7 Å². The first-order chi connectivity index (χ1) is 7.19. The van der Waals surface area contributed by atoms with Crippen molar-refractivity contribution in [1.29, 1.82) is 0 Å². The highest BCUT2D eigenvalue weighted by Gasteiger charge is 2.05. The van der Waals surface area contributed by atoms with Crippen molar-refractivity contribution in [3.63, 3.8) is 0 Å². The van der Waals surface area contributed by atoms with Crippen LogP contribution in [0.1, 0.15) is 34.8 Å². The Hall–Kier alpha value is -1.57. The van der Waals surface area contributed by atoms with Crippen LogP contribution in [0.2, 0.25) is 0 Å². The molecule has 0 saturated heterocycles. The van der Waals surface area contributed by atoms with Crippen molar-refractivity contribution in [2.75, 3.05) is 7.11 Å². The minimum absolute atomic E-state index is 0.288. The van der Waals surface area contributed by atoms with E-state index in [1.807, 2.05) is 19.1 Å². The topological polar surface area (TPSA) is 26.3 Å². The second kappa shape index (κ2) is 5.35. The molecule has 2 heteroatoms. The summed E-state index contributed by atoms with van der Waals surface area (Å²) in [4.78, 5) is 11.3. The summed E-state index contributed by atoms with van der Waals surface area (Å²) in [5, 5.41) is 0. The lowest BCUT2D eigenvalue weighted by atomic mass is 10.0. The van der Waals surface area contributed by atoms with E-state index < -0.39 is 0 Å². The van der Waals surface area contributed by atoms with Gasteiger partial charge in [-0.05, 0) is 36.6 Å². The summed E-state index contributed by atoms with van der Waals surface area (Å²) < 4.78 is 4.66. The Morgan fingerprint density at radius 1 is 1.47 bits per heavy atom. The molecular formula is C13H16O2. The first-order valence-electron chi connectivity index (χ1n) is 5.04. The minimum Gasteiger partial charge on any atom is -0.465 e. The van der Waals surface area contributed by atoms with Crippen LogP contribution in [-0.2, 0) is 4.74 Å². The largest absolute Gasteiger partial charge is 0.465 e. The summed E-state index contributed by atoms with van der Waals surface area (Å²) in [5.74, 6) is -0.288. The van der Waals surface area contributed by atoms with Crippen LogP contribution >= 0.6 is 0 Å². The van der Waals surface area contributed by atoms with Crippen LogP contribution in [0.25, 0.3) is 6.08 Å². The third kappa shape index (κ3) is 2.94. The summed E-state index contributed by atoms with van der Waals surface area (Å²) in [6.45, 7) is 4.08. The Morgan fingerprint density at radius 2 is 2.20 bits per heavy atom. The smallest absolute Gasteiger partial charge is 0.337 e. The van der Waals surface area contributed by atoms with Crippen molar-refractivity contribution in [3.05, 3.63) is 41.0 Å². The molecule has 0 aliphatic rings. The molecule has 1 rings (SSSR count). The van der Waals surface area contributed by atoms with Gasteiger partial charge in [-0.25, -0.2) is 4.79 Å². The predicted molar refractivity (Wildman–Crippen MR) is 61.8 cm³/mol. The molecule has 2 nitrogen and oxygen atoms in total. The van der Waals surface area contributed by atoms with Crippen LogP contribution in [0.4, 0.5) is 0 Å². The van der Waals surface area contributed by atoms with E-state index in [-0.39, 0.29) is 5.97 Å². The highest BCUT2D eigenvalue weighted by atomic mass is 16.5. The van der Waals surface area contributed by atoms with Gasteiger partial charge in [0.1, 0.15) is 0 Å². The van der Waals surface area contributed by atoms with Crippen LogP contribution in [0.3, 0.4) is 0 Å². The molecule has 0 radical (unpaired) electrons. The zero-order valence-electron chi connectivity index (χ0n) is 9.41. The normalized spacial score (nSPS) is 10.6. The molecule has 0 bridgehead atoms. The fourth-order valence-electron chi connectivity index (χ4n) is 1.35. The maximum absolute atomic E-state index is 11.3. The van der Waals surface area contributed by atoms with Gasteiger partial charge in [-0.15, -0.1) is 0 Å². The SMILES string of the molecule is CCC=Cc1ccc(C(=O)OC)cc1C. The first-order valence-corrected chi connectivity index (χ1v) is 5.04. The zero-order chi connectivity index (χ0) is 11.3. The molecule has 1 aromatic rings. The molecule has 0 aliphatic heterocycles. The molecule has 80 valence electrons.